The van der Waals surface area contributed by atoms with Gasteiger partial charge in [0.1, 0.15) is 35.6 Å². The molecule has 41 heavy (non-hydrogen) atoms. The van der Waals surface area contributed by atoms with Gasteiger partial charge in [0, 0.05) is 10.8 Å². The van der Waals surface area contributed by atoms with E-state index in [1.807, 2.05) is 64.1 Å². The molecule has 0 unspecified atom stereocenters. The Labute approximate surface area is 237 Å². The lowest BCUT2D eigenvalue weighted by atomic mass is 9.99. The highest BCUT2D eigenvalue weighted by molar-refractivity contribution is 7.31. The van der Waals surface area contributed by atoms with E-state index in [0.717, 1.165) is 32.3 Å². The fraction of sp³-hybridized carbons (Fsp3) is 0.375. The molecule has 8 nitrogen and oxygen atoms in total. The van der Waals surface area contributed by atoms with Gasteiger partial charge in [-0.05, 0) is 61.4 Å². The first-order chi connectivity index (χ1) is 19.7. The summed E-state index contributed by atoms with van der Waals surface area (Å²) in [6, 6.07) is 24.8. The van der Waals surface area contributed by atoms with Crippen molar-refractivity contribution in [3.05, 3.63) is 72.8 Å². The van der Waals surface area contributed by atoms with Gasteiger partial charge < -0.3 is 32.1 Å². The molecule has 0 spiro atoms. The van der Waals surface area contributed by atoms with Gasteiger partial charge in [0.25, 0.3) is 0 Å². The molecule has 0 saturated carbocycles. The van der Waals surface area contributed by atoms with Gasteiger partial charge in [-0.3, -0.25) is 4.52 Å². The van der Waals surface area contributed by atoms with Crippen molar-refractivity contribution in [3.63, 3.8) is 0 Å². The Kier molecular flexibility index (Phi) is 5.83. The summed E-state index contributed by atoms with van der Waals surface area (Å²) in [6.45, 7) is 7.87. The zero-order valence-electron chi connectivity index (χ0n) is 23.2. The van der Waals surface area contributed by atoms with Gasteiger partial charge in [-0.1, -0.05) is 60.7 Å². The lowest BCUT2D eigenvalue weighted by Crippen LogP contribution is -2.45. The first-order valence-corrected chi connectivity index (χ1v) is 15.0. The molecule has 212 valence electrons. The summed E-state index contributed by atoms with van der Waals surface area (Å²) in [5.41, 5.74) is 1.39. The SMILES string of the molecule is CC1(C)O[C@H]2O[C@H]([C@H]3COC(C)(C)O3)[C@H](Op3oc4ccc5ccccc5c4c4c(ccc5ccccc54)o3)[C@H]2O1. The van der Waals surface area contributed by atoms with Crippen molar-refractivity contribution in [2.24, 2.45) is 0 Å². The first kappa shape index (κ1) is 25.7. The van der Waals surface area contributed by atoms with Gasteiger partial charge in [-0.15, -0.1) is 0 Å². The highest BCUT2D eigenvalue weighted by atomic mass is 31.1. The monoisotopic (exact) mass is 574 g/mol. The Bertz CT molecular complexity index is 1750. The molecule has 9 heteroatoms. The average molecular weight is 575 g/mol. The minimum absolute atomic E-state index is 0.365. The molecule has 4 aromatic carbocycles. The number of benzene rings is 4. The molecule has 5 atom stereocenters. The van der Waals surface area contributed by atoms with E-state index in [-0.39, 0.29) is 6.10 Å². The van der Waals surface area contributed by atoms with E-state index in [0.29, 0.717) is 17.8 Å². The van der Waals surface area contributed by atoms with Crippen LogP contribution >= 0.6 is 8.24 Å². The van der Waals surface area contributed by atoms with Crippen LogP contribution in [0.15, 0.2) is 81.2 Å². The third-order valence-corrected chi connectivity index (χ3v) is 9.12. The predicted molar refractivity (Wildman–Crippen MR) is 155 cm³/mol. The van der Waals surface area contributed by atoms with Crippen molar-refractivity contribution in [1.82, 2.24) is 0 Å². The Morgan fingerprint density at radius 1 is 0.683 bits per heavy atom. The summed E-state index contributed by atoms with van der Waals surface area (Å²) < 4.78 is 50.7. The Balaban J connectivity index is 1.32. The molecule has 5 aromatic rings. The molecule has 3 fully saturated rings. The molecule has 0 radical (unpaired) electrons. The van der Waals surface area contributed by atoms with Crippen LogP contribution in [0.3, 0.4) is 0 Å². The number of ether oxygens (including phenoxy) is 5. The lowest BCUT2D eigenvalue weighted by Gasteiger charge is -2.28. The molecule has 0 amide bonds. The van der Waals surface area contributed by atoms with Gasteiger partial charge in [-0.2, -0.15) is 0 Å². The van der Waals surface area contributed by atoms with Gasteiger partial charge in [0.2, 0.25) is 0 Å². The largest absolute Gasteiger partial charge is 0.399 e. The van der Waals surface area contributed by atoms with Crippen LogP contribution in [-0.2, 0) is 23.7 Å². The van der Waals surface area contributed by atoms with Crippen molar-refractivity contribution in [3.8, 4) is 0 Å². The summed E-state index contributed by atoms with van der Waals surface area (Å²) in [5, 5.41) is 6.37. The first-order valence-electron chi connectivity index (χ1n) is 13.9. The van der Waals surface area contributed by atoms with Crippen LogP contribution in [0.4, 0.5) is 0 Å². The number of fused-ring (bicyclic) bond motifs is 8. The second kappa shape index (κ2) is 9.28. The molecule has 3 aliphatic heterocycles. The molecule has 1 aromatic heterocycles. The fourth-order valence-electron chi connectivity index (χ4n) is 6.29. The van der Waals surface area contributed by atoms with Crippen molar-refractivity contribution in [2.75, 3.05) is 6.61 Å². The van der Waals surface area contributed by atoms with Gasteiger partial charge in [0.15, 0.2) is 17.9 Å². The molecule has 0 N–H and O–H groups in total. The Hall–Kier alpha value is -2.94. The third kappa shape index (κ3) is 4.37. The fourth-order valence-corrected chi connectivity index (χ4v) is 7.48. The summed E-state index contributed by atoms with van der Waals surface area (Å²) in [7, 11) is -1.92. The zero-order valence-corrected chi connectivity index (χ0v) is 24.1. The standard InChI is InChI=1S/C32H31O8P/c1-31(2)33-17-24(35-31)27-28(29-30(34-27)37-32(3,4)36-29)40-41-38-22-15-13-18-9-5-7-11-20(18)25(22)26-21-12-8-6-10-19(21)14-16-23(26)39-41/h5-16,24,27-30H,17H2,1-4H3/t24-,27-,28+,29-,30-/m1/s1. The second-order valence-electron chi connectivity index (χ2n) is 11.7. The van der Waals surface area contributed by atoms with Gasteiger partial charge in [-0.25, -0.2) is 0 Å². The summed E-state index contributed by atoms with van der Waals surface area (Å²) >= 11 is 0. The van der Waals surface area contributed by atoms with Crippen LogP contribution in [0.25, 0.3) is 43.5 Å². The smallest absolute Gasteiger partial charge is 0.387 e. The average Bonchev–Trinajstić information content (AvgIpc) is 3.52. The van der Waals surface area contributed by atoms with Crippen molar-refractivity contribution >= 4 is 51.7 Å². The van der Waals surface area contributed by atoms with Crippen LogP contribution in [0.1, 0.15) is 27.7 Å². The highest BCUT2D eigenvalue weighted by Gasteiger charge is 2.59. The minimum Gasteiger partial charge on any atom is -0.399 e. The van der Waals surface area contributed by atoms with Crippen LogP contribution < -0.4 is 4.52 Å². The van der Waals surface area contributed by atoms with E-state index >= 15 is 0 Å². The molecule has 3 saturated heterocycles. The number of hydrogen-bond acceptors (Lipinski definition) is 8. The van der Waals surface area contributed by atoms with Gasteiger partial charge >= 0.3 is 8.24 Å². The maximum atomic E-state index is 6.73. The zero-order chi connectivity index (χ0) is 27.9. The Morgan fingerprint density at radius 2 is 1.29 bits per heavy atom. The molecular formula is C32H31O8P. The van der Waals surface area contributed by atoms with Crippen LogP contribution in [0.5, 0.6) is 0 Å². The molecule has 3 aliphatic rings. The normalized spacial score (nSPS) is 28.6. The predicted octanol–water partition coefficient (Wildman–Crippen LogP) is 7.42. The van der Waals surface area contributed by atoms with Gasteiger partial charge in [0.05, 0.1) is 6.61 Å². The summed E-state index contributed by atoms with van der Waals surface area (Å²) in [4.78, 5) is 0. The van der Waals surface area contributed by atoms with E-state index in [4.69, 9.17) is 36.6 Å². The summed E-state index contributed by atoms with van der Waals surface area (Å²) in [6.07, 6.45) is -2.56. The number of rotatable bonds is 3. The van der Waals surface area contributed by atoms with E-state index < -0.39 is 44.4 Å². The maximum absolute atomic E-state index is 6.73. The van der Waals surface area contributed by atoms with E-state index in [2.05, 4.69) is 36.4 Å². The van der Waals surface area contributed by atoms with Crippen molar-refractivity contribution < 1.29 is 36.6 Å². The quantitative estimate of drug-likeness (QED) is 0.220. The van der Waals surface area contributed by atoms with E-state index in [1.54, 1.807) is 0 Å². The van der Waals surface area contributed by atoms with Crippen LogP contribution in [0.2, 0.25) is 0 Å². The molecule has 0 bridgehead atoms. The van der Waals surface area contributed by atoms with E-state index in [1.165, 1.54) is 0 Å². The third-order valence-electron chi connectivity index (χ3n) is 8.01. The lowest BCUT2D eigenvalue weighted by molar-refractivity contribution is -0.228. The molecule has 4 heterocycles. The van der Waals surface area contributed by atoms with Crippen LogP contribution in [0, 0.1) is 0 Å². The van der Waals surface area contributed by atoms with Crippen LogP contribution in [-0.4, -0.2) is 48.9 Å². The highest BCUT2D eigenvalue weighted by Crippen LogP contribution is 2.46. The second-order valence-corrected chi connectivity index (χ2v) is 12.8. The topological polar surface area (TPSA) is 81.7 Å². The minimum atomic E-state index is -1.92. The molecule has 0 aliphatic carbocycles. The number of hydrogen-bond donors (Lipinski definition) is 0. The Morgan fingerprint density at radius 3 is 1.88 bits per heavy atom. The van der Waals surface area contributed by atoms with Crippen molar-refractivity contribution in [2.45, 2.75) is 70.0 Å². The maximum Gasteiger partial charge on any atom is 0.387 e. The summed E-state index contributed by atoms with van der Waals surface area (Å²) in [5.74, 6) is -1.54. The molecular weight excluding hydrogens is 543 g/mol. The van der Waals surface area contributed by atoms with Crippen molar-refractivity contribution in [1.29, 1.82) is 0 Å². The molecule has 8 rings (SSSR count). The van der Waals surface area contributed by atoms with E-state index in [9.17, 15) is 0 Å².